The number of aromatic nitrogens is 3. The molecule has 7 nitrogen and oxygen atoms in total. The highest BCUT2D eigenvalue weighted by Gasteiger charge is 2.29. The van der Waals surface area contributed by atoms with Crippen molar-refractivity contribution in [3.05, 3.63) is 63.9 Å². The first-order valence-electron chi connectivity index (χ1n) is 10.2. The van der Waals surface area contributed by atoms with Crippen LogP contribution in [0.2, 0.25) is 0 Å². The van der Waals surface area contributed by atoms with Gasteiger partial charge in [0.15, 0.2) is 10.9 Å². The van der Waals surface area contributed by atoms with E-state index in [0.29, 0.717) is 21.9 Å². The van der Waals surface area contributed by atoms with Crippen molar-refractivity contribution >= 4 is 45.4 Å². The second-order valence-corrected chi connectivity index (χ2v) is 9.13. The van der Waals surface area contributed by atoms with Crippen molar-refractivity contribution in [3.8, 4) is 5.69 Å². The predicted octanol–water partition coefficient (Wildman–Crippen LogP) is 3.62. The molecule has 0 fully saturated rings. The molecule has 1 amide bonds. The average Bonchev–Trinajstić information content (AvgIpc) is 3.12. The van der Waals surface area contributed by atoms with E-state index in [1.54, 1.807) is 14.1 Å². The minimum Gasteiger partial charge on any atom is -0.349 e. The summed E-state index contributed by atoms with van der Waals surface area (Å²) in [6, 6.07) is 13.4. The van der Waals surface area contributed by atoms with E-state index in [4.69, 9.17) is 4.98 Å². The number of amides is 1. The first kappa shape index (κ1) is 21.8. The standard InChI is InChI=1S/C24H24N4O3S/c1-13-10-11-14(2)18(12-13)28-22(30)20-19(16-8-6-7-9-17(16)25-20)26-24(28)32-21(15(3)29)23(31)27(4)5/h6-12,21,25H,1-5H3. The van der Waals surface area contributed by atoms with Crippen molar-refractivity contribution in [1.29, 1.82) is 0 Å². The van der Waals surface area contributed by atoms with E-state index < -0.39 is 5.25 Å². The van der Waals surface area contributed by atoms with Crippen LogP contribution >= 0.6 is 11.8 Å². The Hall–Kier alpha value is -3.39. The van der Waals surface area contributed by atoms with Crippen LogP contribution < -0.4 is 5.56 Å². The van der Waals surface area contributed by atoms with Gasteiger partial charge in [-0.25, -0.2) is 4.98 Å². The summed E-state index contributed by atoms with van der Waals surface area (Å²) in [7, 11) is 3.21. The Kier molecular flexibility index (Phi) is 5.64. The van der Waals surface area contributed by atoms with Crippen molar-refractivity contribution in [1.82, 2.24) is 19.4 Å². The van der Waals surface area contributed by atoms with E-state index in [2.05, 4.69) is 4.98 Å². The van der Waals surface area contributed by atoms with Crippen LogP contribution in [0.1, 0.15) is 18.1 Å². The molecule has 0 saturated heterocycles. The van der Waals surface area contributed by atoms with E-state index >= 15 is 0 Å². The Labute approximate surface area is 189 Å². The fourth-order valence-electron chi connectivity index (χ4n) is 3.64. The molecule has 2 heterocycles. The molecule has 0 aliphatic rings. The van der Waals surface area contributed by atoms with Gasteiger partial charge in [0.05, 0.1) is 5.69 Å². The lowest BCUT2D eigenvalue weighted by Gasteiger charge is -2.20. The van der Waals surface area contributed by atoms with Gasteiger partial charge in [0.1, 0.15) is 16.3 Å². The molecule has 2 aromatic carbocycles. The number of fused-ring (bicyclic) bond motifs is 3. The number of H-pyrrole nitrogens is 1. The van der Waals surface area contributed by atoms with Crippen LogP contribution in [0.3, 0.4) is 0 Å². The number of carbonyl (C=O) groups is 2. The number of carbonyl (C=O) groups excluding carboxylic acids is 2. The molecular formula is C24H24N4O3S. The lowest BCUT2D eigenvalue weighted by molar-refractivity contribution is -0.132. The van der Waals surface area contributed by atoms with E-state index in [0.717, 1.165) is 33.8 Å². The van der Waals surface area contributed by atoms with Gasteiger partial charge in [-0.15, -0.1) is 0 Å². The summed E-state index contributed by atoms with van der Waals surface area (Å²) in [4.78, 5) is 48.2. The largest absolute Gasteiger partial charge is 0.349 e. The number of para-hydroxylation sites is 1. The lowest BCUT2D eigenvalue weighted by atomic mass is 10.1. The van der Waals surface area contributed by atoms with Gasteiger partial charge in [-0.1, -0.05) is 42.1 Å². The molecule has 0 aliphatic carbocycles. The SMILES string of the molecule is CC(=O)C(Sc1nc2c([nH]c3ccccc32)c(=O)n1-c1cc(C)ccc1C)C(=O)N(C)C. The third-order valence-corrected chi connectivity index (χ3v) is 6.61. The monoisotopic (exact) mass is 448 g/mol. The van der Waals surface area contributed by atoms with E-state index in [-0.39, 0.29) is 17.2 Å². The van der Waals surface area contributed by atoms with Crippen molar-refractivity contribution in [3.63, 3.8) is 0 Å². The summed E-state index contributed by atoms with van der Waals surface area (Å²) >= 11 is 1.01. The third-order valence-electron chi connectivity index (χ3n) is 5.36. The number of hydrogen-bond acceptors (Lipinski definition) is 5. The van der Waals surface area contributed by atoms with Crippen molar-refractivity contribution in [2.45, 2.75) is 31.2 Å². The molecular weight excluding hydrogens is 424 g/mol. The van der Waals surface area contributed by atoms with Gasteiger partial charge >= 0.3 is 0 Å². The van der Waals surface area contributed by atoms with Crippen LogP contribution in [0.25, 0.3) is 27.6 Å². The van der Waals surface area contributed by atoms with Crippen LogP contribution in [-0.4, -0.2) is 50.5 Å². The molecule has 1 atom stereocenters. The maximum absolute atomic E-state index is 13.7. The van der Waals surface area contributed by atoms with Crippen LogP contribution in [0.15, 0.2) is 52.4 Å². The zero-order valence-electron chi connectivity index (χ0n) is 18.6. The van der Waals surface area contributed by atoms with E-state index in [1.807, 2.05) is 56.3 Å². The molecule has 8 heteroatoms. The normalized spacial score (nSPS) is 12.3. The van der Waals surface area contributed by atoms with Crippen molar-refractivity contribution < 1.29 is 9.59 Å². The predicted molar refractivity (Wildman–Crippen MR) is 128 cm³/mol. The summed E-state index contributed by atoms with van der Waals surface area (Å²) in [5.41, 5.74) is 3.97. The number of rotatable bonds is 5. The van der Waals surface area contributed by atoms with Crippen molar-refractivity contribution in [2.75, 3.05) is 14.1 Å². The number of nitrogens with one attached hydrogen (secondary N) is 1. The van der Waals surface area contributed by atoms with Gasteiger partial charge in [0.25, 0.3) is 5.56 Å². The number of benzene rings is 2. The summed E-state index contributed by atoms with van der Waals surface area (Å²) in [6.07, 6.45) is 0. The Morgan fingerprint density at radius 3 is 2.53 bits per heavy atom. The van der Waals surface area contributed by atoms with Crippen LogP contribution in [0, 0.1) is 13.8 Å². The highest BCUT2D eigenvalue weighted by Crippen LogP contribution is 2.30. The zero-order valence-corrected chi connectivity index (χ0v) is 19.4. The number of Topliss-reactive ketones (excluding diaryl/α,β-unsaturated/α-hetero) is 1. The lowest BCUT2D eigenvalue weighted by Crippen LogP contribution is -2.36. The molecule has 2 aromatic heterocycles. The highest BCUT2D eigenvalue weighted by molar-refractivity contribution is 8.01. The smallest absolute Gasteiger partial charge is 0.283 e. The molecule has 0 bridgehead atoms. The van der Waals surface area contributed by atoms with E-state index in [9.17, 15) is 14.4 Å². The van der Waals surface area contributed by atoms with Gasteiger partial charge in [-0.2, -0.15) is 0 Å². The van der Waals surface area contributed by atoms with E-state index in [1.165, 1.54) is 16.4 Å². The maximum Gasteiger partial charge on any atom is 0.283 e. The van der Waals surface area contributed by atoms with Crippen LogP contribution in [0.5, 0.6) is 0 Å². The minimum absolute atomic E-state index is 0.276. The number of aromatic amines is 1. The van der Waals surface area contributed by atoms with Crippen molar-refractivity contribution in [2.24, 2.45) is 0 Å². The van der Waals surface area contributed by atoms with Crippen LogP contribution in [-0.2, 0) is 9.59 Å². The molecule has 0 aliphatic heterocycles. The van der Waals surface area contributed by atoms with Crippen LogP contribution in [0.4, 0.5) is 0 Å². The molecule has 0 saturated carbocycles. The molecule has 0 radical (unpaired) electrons. The topological polar surface area (TPSA) is 88.1 Å². The Morgan fingerprint density at radius 1 is 1.12 bits per heavy atom. The van der Waals surface area contributed by atoms with Gasteiger partial charge in [0.2, 0.25) is 5.91 Å². The number of thioether (sulfide) groups is 1. The zero-order chi connectivity index (χ0) is 23.2. The Balaban J connectivity index is 2.05. The Morgan fingerprint density at radius 2 is 1.84 bits per heavy atom. The van der Waals surface area contributed by atoms with Gasteiger partial charge < -0.3 is 9.88 Å². The van der Waals surface area contributed by atoms with Gasteiger partial charge in [0, 0.05) is 25.0 Å². The molecule has 1 N–H and O–H groups in total. The molecule has 4 rings (SSSR count). The maximum atomic E-state index is 13.7. The molecule has 32 heavy (non-hydrogen) atoms. The number of hydrogen-bond donors (Lipinski definition) is 1. The molecule has 164 valence electrons. The second-order valence-electron chi connectivity index (χ2n) is 8.06. The third kappa shape index (κ3) is 3.71. The minimum atomic E-state index is -1.00. The first-order valence-corrected chi connectivity index (χ1v) is 11.1. The number of nitrogens with zero attached hydrogens (tertiary/aromatic N) is 3. The second kappa shape index (κ2) is 8.27. The first-order chi connectivity index (χ1) is 15.2. The molecule has 1 unspecified atom stereocenters. The Bertz CT molecular complexity index is 1430. The highest BCUT2D eigenvalue weighted by atomic mass is 32.2. The van der Waals surface area contributed by atoms with Gasteiger partial charge in [-0.05, 0) is 44.0 Å². The fourth-order valence-corrected chi connectivity index (χ4v) is 4.76. The fraction of sp³-hybridized carbons (Fsp3) is 0.250. The summed E-state index contributed by atoms with van der Waals surface area (Å²) in [5, 5.41) is 0.111. The van der Waals surface area contributed by atoms with Gasteiger partial charge in [-0.3, -0.25) is 19.0 Å². The molecule has 4 aromatic rings. The molecule has 0 spiro atoms. The average molecular weight is 449 g/mol. The number of aryl methyl sites for hydroxylation is 2. The summed E-state index contributed by atoms with van der Waals surface area (Å²) in [5.74, 6) is -0.641. The summed E-state index contributed by atoms with van der Waals surface area (Å²) in [6.45, 7) is 5.24. The quantitative estimate of drug-likeness (QED) is 0.286. The number of ketones is 1. The summed E-state index contributed by atoms with van der Waals surface area (Å²) < 4.78 is 1.50.